The van der Waals surface area contributed by atoms with Crippen LogP contribution in [0.25, 0.3) is 0 Å². The summed E-state index contributed by atoms with van der Waals surface area (Å²) in [5.41, 5.74) is 0. The van der Waals surface area contributed by atoms with E-state index in [0.717, 1.165) is 25.7 Å². The molecule has 0 aromatic rings. The summed E-state index contributed by atoms with van der Waals surface area (Å²) >= 11 is 0. The molecule has 9 heteroatoms. The Bertz CT molecular complexity index is 463. The molecule has 1 saturated heterocycles. The molecule has 0 radical (unpaired) electrons. The van der Waals surface area contributed by atoms with Crippen LogP contribution < -0.4 is 16.0 Å². The molecule has 2 rings (SSSR count). The lowest BCUT2D eigenvalue weighted by Gasteiger charge is -2.23. The number of carbonyl (C=O) groups is 1. The molecule has 3 N–H and O–H groups in total. The SMILES string of the molecule is CN=C(NCC(=O)NC1CCCCC1)NC1CCN(CC(F)(F)F)C1. The lowest BCUT2D eigenvalue weighted by Crippen LogP contribution is -2.49. The number of carbonyl (C=O) groups excluding carboxylic acids is 1. The zero-order chi connectivity index (χ0) is 18.3. The monoisotopic (exact) mass is 363 g/mol. The van der Waals surface area contributed by atoms with Crippen molar-refractivity contribution in [2.75, 3.05) is 33.2 Å². The molecule has 0 aromatic carbocycles. The Balaban J connectivity index is 1.67. The van der Waals surface area contributed by atoms with E-state index in [-0.39, 0.29) is 24.5 Å². The summed E-state index contributed by atoms with van der Waals surface area (Å²) in [6.45, 7) is -0.0685. The Morgan fingerprint density at radius 1 is 1.12 bits per heavy atom. The van der Waals surface area contributed by atoms with Gasteiger partial charge in [0.25, 0.3) is 0 Å². The molecule has 0 spiro atoms. The smallest absolute Gasteiger partial charge is 0.352 e. The highest BCUT2D eigenvalue weighted by molar-refractivity contribution is 5.86. The van der Waals surface area contributed by atoms with Crippen LogP contribution in [0, 0.1) is 0 Å². The van der Waals surface area contributed by atoms with Crippen LogP contribution in [0.4, 0.5) is 13.2 Å². The van der Waals surface area contributed by atoms with E-state index in [0.29, 0.717) is 25.5 Å². The summed E-state index contributed by atoms with van der Waals surface area (Å²) < 4.78 is 37.3. The molecule has 1 aliphatic heterocycles. The number of hydrogen-bond donors (Lipinski definition) is 3. The number of amides is 1. The third-order valence-corrected chi connectivity index (χ3v) is 4.63. The van der Waals surface area contributed by atoms with Crippen LogP contribution in [0.2, 0.25) is 0 Å². The van der Waals surface area contributed by atoms with Crippen molar-refractivity contribution in [2.24, 2.45) is 4.99 Å². The van der Waals surface area contributed by atoms with Crippen molar-refractivity contribution in [3.63, 3.8) is 0 Å². The zero-order valence-corrected chi connectivity index (χ0v) is 14.7. The van der Waals surface area contributed by atoms with Gasteiger partial charge in [-0.3, -0.25) is 14.7 Å². The third-order valence-electron chi connectivity index (χ3n) is 4.63. The lowest BCUT2D eigenvalue weighted by molar-refractivity contribution is -0.143. The first-order valence-electron chi connectivity index (χ1n) is 8.91. The first-order valence-corrected chi connectivity index (χ1v) is 8.91. The van der Waals surface area contributed by atoms with Crippen molar-refractivity contribution in [1.82, 2.24) is 20.9 Å². The highest BCUT2D eigenvalue weighted by atomic mass is 19.4. The summed E-state index contributed by atoms with van der Waals surface area (Å²) in [5.74, 6) is 0.359. The van der Waals surface area contributed by atoms with Crippen molar-refractivity contribution in [1.29, 1.82) is 0 Å². The predicted molar refractivity (Wildman–Crippen MR) is 90.4 cm³/mol. The number of rotatable bonds is 5. The number of nitrogens with one attached hydrogen (secondary N) is 3. The minimum Gasteiger partial charge on any atom is -0.352 e. The quantitative estimate of drug-likeness (QED) is 0.508. The molecule has 1 amide bonds. The summed E-state index contributed by atoms with van der Waals surface area (Å²) in [6.07, 6.45) is 2.02. The summed E-state index contributed by atoms with van der Waals surface area (Å²) in [4.78, 5) is 17.4. The Labute approximate surface area is 146 Å². The van der Waals surface area contributed by atoms with Crippen molar-refractivity contribution in [3.8, 4) is 0 Å². The molecule has 1 atom stereocenters. The van der Waals surface area contributed by atoms with Gasteiger partial charge in [-0.1, -0.05) is 19.3 Å². The zero-order valence-electron chi connectivity index (χ0n) is 14.7. The molecule has 2 aliphatic rings. The summed E-state index contributed by atoms with van der Waals surface area (Å²) in [5, 5.41) is 9.03. The number of alkyl halides is 3. The highest BCUT2D eigenvalue weighted by Gasteiger charge is 2.34. The number of hydrogen-bond acceptors (Lipinski definition) is 3. The fraction of sp³-hybridized carbons (Fsp3) is 0.875. The molecule has 0 aromatic heterocycles. The standard InChI is InChI=1S/C16H28F3N5O/c1-20-15(21-9-14(25)22-12-5-3-2-4-6-12)23-13-7-8-24(10-13)11-16(17,18)19/h12-13H,2-11H2,1H3,(H,22,25)(H2,20,21,23). The topological polar surface area (TPSA) is 68.8 Å². The molecule has 0 bridgehead atoms. The molecule has 144 valence electrons. The van der Waals surface area contributed by atoms with Gasteiger partial charge in [0.05, 0.1) is 13.1 Å². The molecule has 6 nitrogen and oxygen atoms in total. The largest absolute Gasteiger partial charge is 0.401 e. The molecular weight excluding hydrogens is 335 g/mol. The van der Waals surface area contributed by atoms with Crippen LogP contribution in [0.3, 0.4) is 0 Å². The van der Waals surface area contributed by atoms with Crippen LogP contribution in [0.1, 0.15) is 38.5 Å². The maximum atomic E-state index is 12.4. The Hall–Kier alpha value is -1.51. The first-order chi connectivity index (χ1) is 11.9. The maximum Gasteiger partial charge on any atom is 0.401 e. The van der Waals surface area contributed by atoms with E-state index in [1.165, 1.54) is 11.3 Å². The number of aliphatic imine (C=N–C) groups is 1. The first kappa shape index (κ1) is 19.8. The minimum absolute atomic E-state index is 0.0834. The molecule has 1 aliphatic carbocycles. The Morgan fingerprint density at radius 2 is 1.84 bits per heavy atom. The van der Waals surface area contributed by atoms with Crippen LogP contribution >= 0.6 is 0 Å². The van der Waals surface area contributed by atoms with Gasteiger partial charge in [-0.2, -0.15) is 13.2 Å². The molecule has 25 heavy (non-hydrogen) atoms. The number of guanidine groups is 1. The normalized spacial score (nSPS) is 23.5. The Kier molecular flexibility index (Phi) is 7.34. The molecular formula is C16H28F3N5O. The molecule has 2 fully saturated rings. The lowest BCUT2D eigenvalue weighted by atomic mass is 9.95. The van der Waals surface area contributed by atoms with E-state index < -0.39 is 12.7 Å². The van der Waals surface area contributed by atoms with Gasteiger partial charge in [-0.05, 0) is 19.3 Å². The van der Waals surface area contributed by atoms with Gasteiger partial charge in [0.1, 0.15) is 0 Å². The van der Waals surface area contributed by atoms with E-state index >= 15 is 0 Å². The van der Waals surface area contributed by atoms with Crippen LogP contribution in [0.5, 0.6) is 0 Å². The van der Waals surface area contributed by atoms with E-state index in [9.17, 15) is 18.0 Å². The van der Waals surface area contributed by atoms with Gasteiger partial charge in [-0.15, -0.1) is 0 Å². The second-order valence-electron chi connectivity index (χ2n) is 6.81. The number of nitrogens with zero attached hydrogens (tertiary/aromatic N) is 2. The van der Waals surface area contributed by atoms with Crippen molar-refractivity contribution >= 4 is 11.9 Å². The van der Waals surface area contributed by atoms with E-state index in [1.54, 1.807) is 7.05 Å². The average molecular weight is 363 g/mol. The number of likely N-dealkylation sites (tertiary alicyclic amines) is 1. The van der Waals surface area contributed by atoms with Crippen molar-refractivity contribution in [2.45, 2.75) is 56.8 Å². The van der Waals surface area contributed by atoms with Gasteiger partial charge in [-0.25, -0.2) is 0 Å². The van der Waals surface area contributed by atoms with E-state index in [1.807, 2.05) is 0 Å². The van der Waals surface area contributed by atoms with Crippen molar-refractivity contribution in [3.05, 3.63) is 0 Å². The van der Waals surface area contributed by atoms with Crippen molar-refractivity contribution < 1.29 is 18.0 Å². The van der Waals surface area contributed by atoms with Crippen LogP contribution in [-0.2, 0) is 4.79 Å². The highest BCUT2D eigenvalue weighted by Crippen LogP contribution is 2.20. The summed E-state index contributed by atoms with van der Waals surface area (Å²) in [7, 11) is 1.58. The Morgan fingerprint density at radius 3 is 2.48 bits per heavy atom. The molecule has 1 heterocycles. The molecule has 1 unspecified atom stereocenters. The fourth-order valence-corrected chi connectivity index (χ4v) is 3.43. The predicted octanol–water partition coefficient (Wildman–Crippen LogP) is 1.24. The maximum absolute atomic E-state index is 12.4. The third kappa shape index (κ3) is 7.50. The second-order valence-corrected chi connectivity index (χ2v) is 6.81. The fourth-order valence-electron chi connectivity index (χ4n) is 3.43. The van der Waals surface area contributed by atoms with Gasteiger partial charge in [0.15, 0.2) is 5.96 Å². The molecule has 1 saturated carbocycles. The van der Waals surface area contributed by atoms with Gasteiger partial charge >= 0.3 is 6.18 Å². The van der Waals surface area contributed by atoms with Gasteiger partial charge < -0.3 is 16.0 Å². The van der Waals surface area contributed by atoms with Gasteiger partial charge in [0.2, 0.25) is 5.91 Å². The minimum atomic E-state index is -4.17. The van der Waals surface area contributed by atoms with Crippen LogP contribution in [0.15, 0.2) is 4.99 Å². The van der Waals surface area contributed by atoms with Crippen LogP contribution in [-0.4, -0.2) is 68.3 Å². The number of halogens is 3. The van der Waals surface area contributed by atoms with E-state index in [2.05, 4.69) is 20.9 Å². The average Bonchev–Trinajstić information content (AvgIpc) is 2.97. The van der Waals surface area contributed by atoms with E-state index in [4.69, 9.17) is 0 Å². The second kappa shape index (κ2) is 9.26. The summed E-state index contributed by atoms with van der Waals surface area (Å²) in [6, 6.07) is 0.152. The van der Waals surface area contributed by atoms with Gasteiger partial charge in [0, 0.05) is 32.2 Å².